The maximum atomic E-state index is 10.9. The summed E-state index contributed by atoms with van der Waals surface area (Å²) in [4.78, 5) is 0. The molecular weight excluding hydrogens is 372 g/mol. The van der Waals surface area contributed by atoms with Crippen molar-refractivity contribution in [2.75, 3.05) is 6.61 Å². The largest absolute Gasteiger partial charge is 0.493 e. The van der Waals surface area contributed by atoms with Crippen LogP contribution < -0.4 is 0 Å². The van der Waals surface area contributed by atoms with Crippen molar-refractivity contribution < 1.29 is 14.6 Å². The van der Waals surface area contributed by atoms with Crippen LogP contribution in [0.15, 0.2) is 23.0 Å². The molecule has 5 unspecified atom stereocenters. The van der Waals surface area contributed by atoms with Crippen LogP contribution in [0.3, 0.4) is 0 Å². The van der Waals surface area contributed by atoms with Crippen LogP contribution in [0.2, 0.25) is 0 Å². The van der Waals surface area contributed by atoms with E-state index in [1.807, 2.05) is 0 Å². The van der Waals surface area contributed by atoms with Gasteiger partial charge in [-0.2, -0.15) is 0 Å². The molecule has 1 saturated carbocycles. The highest BCUT2D eigenvalue weighted by molar-refractivity contribution is 5.40. The van der Waals surface area contributed by atoms with E-state index >= 15 is 0 Å². The van der Waals surface area contributed by atoms with Crippen LogP contribution in [0.25, 0.3) is 0 Å². The van der Waals surface area contributed by atoms with Crippen molar-refractivity contribution in [3.63, 3.8) is 0 Å². The van der Waals surface area contributed by atoms with Gasteiger partial charge in [0.05, 0.1) is 12.7 Å². The summed E-state index contributed by atoms with van der Waals surface area (Å²) in [6, 6.07) is 0. The predicted octanol–water partition coefficient (Wildman–Crippen LogP) is 6.91. The molecule has 0 bridgehead atoms. The zero-order valence-electron chi connectivity index (χ0n) is 19.8. The Morgan fingerprint density at radius 3 is 2.50 bits per heavy atom. The molecule has 2 heterocycles. The second-order valence-electron chi connectivity index (χ2n) is 10.4. The third-order valence-electron chi connectivity index (χ3n) is 9.67. The van der Waals surface area contributed by atoms with E-state index in [9.17, 15) is 5.11 Å². The van der Waals surface area contributed by atoms with Gasteiger partial charge in [0.15, 0.2) is 6.29 Å². The lowest BCUT2D eigenvalue weighted by Gasteiger charge is -2.61. The Hall–Kier alpha value is -0.800. The summed E-state index contributed by atoms with van der Waals surface area (Å²) in [6.07, 6.45) is 15.6. The Morgan fingerprint density at radius 1 is 1.00 bits per heavy atom. The Morgan fingerprint density at radius 2 is 1.80 bits per heavy atom. The number of allylic oxidation sites excluding steroid dienone is 1. The van der Waals surface area contributed by atoms with Gasteiger partial charge in [-0.3, -0.25) is 0 Å². The van der Waals surface area contributed by atoms with Gasteiger partial charge in [0.25, 0.3) is 0 Å². The molecule has 3 heteroatoms. The van der Waals surface area contributed by atoms with Gasteiger partial charge in [0.2, 0.25) is 0 Å². The molecule has 0 aromatic heterocycles. The lowest BCUT2D eigenvalue weighted by molar-refractivity contribution is -0.208. The van der Waals surface area contributed by atoms with E-state index in [0.29, 0.717) is 22.7 Å². The zero-order chi connectivity index (χ0) is 21.4. The number of rotatable bonds is 4. The van der Waals surface area contributed by atoms with Crippen LogP contribution in [-0.4, -0.2) is 24.1 Å². The highest BCUT2D eigenvalue weighted by Gasteiger charge is 2.58. The quantitative estimate of drug-likeness (QED) is 0.541. The standard InChI is InChI=1S/C27H44O3/c1-5-10-21-24-19(15-18-29-21)11-12-20-25(24)30-23(28)14-13-22-26(6-2,7-3)16-9-17-27(20,22)8-4/h10,20,22-23,25,28H,5-9,11-18H2,1-4H3. The zero-order valence-corrected chi connectivity index (χ0v) is 19.8. The van der Waals surface area contributed by atoms with Crippen LogP contribution in [-0.2, 0) is 9.47 Å². The first-order valence-electron chi connectivity index (χ1n) is 12.9. The van der Waals surface area contributed by atoms with Crippen LogP contribution in [0, 0.1) is 22.7 Å². The number of fused-ring (bicyclic) bond motifs is 4. The molecule has 0 amide bonds. The van der Waals surface area contributed by atoms with Gasteiger partial charge in [-0.15, -0.1) is 0 Å². The van der Waals surface area contributed by atoms with E-state index in [4.69, 9.17) is 9.47 Å². The van der Waals surface area contributed by atoms with Crippen LogP contribution in [0.5, 0.6) is 0 Å². The fraction of sp³-hybridized carbons (Fsp3) is 0.852. The Balaban J connectivity index is 1.83. The van der Waals surface area contributed by atoms with Gasteiger partial charge in [-0.25, -0.2) is 0 Å². The van der Waals surface area contributed by atoms with Gasteiger partial charge >= 0.3 is 0 Å². The van der Waals surface area contributed by atoms with E-state index in [1.165, 1.54) is 62.5 Å². The van der Waals surface area contributed by atoms with Crippen LogP contribution >= 0.6 is 0 Å². The highest BCUT2D eigenvalue weighted by Crippen LogP contribution is 2.64. The summed E-state index contributed by atoms with van der Waals surface area (Å²) in [5.41, 5.74) is 3.60. The Labute approximate surface area is 184 Å². The first kappa shape index (κ1) is 22.4. The third kappa shape index (κ3) is 3.48. The maximum absolute atomic E-state index is 10.9. The van der Waals surface area contributed by atoms with Crippen molar-refractivity contribution in [2.45, 2.75) is 117 Å². The van der Waals surface area contributed by atoms with E-state index < -0.39 is 6.29 Å². The molecule has 0 aromatic rings. The van der Waals surface area contributed by atoms with Crippen molar-refractivity contribution in [1.82, 2.24) is 0 Å². The summed E-state index contributed by atoms with van der Waals surface area (Å²) < 4.78 is 12.7. The van der Waals surface area contributed by atoms with Crippen molar-refractivity contribution in [3.05, 3.63) is 23.0 Å². The van der Waals surface area contributed by atoms with E-state index in [0.717, 1.165) is 38.0 Å². The molecule has 4 rings (SSSR count). The summed E-state index contributed by atoms with van der Waals surface area (Å²) in [7, 11) is 0. The molecule has 30 heavy (non-hydrogen) atoms. The van der Waals surface area contributed by atoms with Crippen LogP contribution in [0.1, 0.15) is 105 Å². The smallest absolute Gasteiger partial charge is 0.155 e. The Bertz CT molecular complexity index is 674. The third-order valence-corrected chi connectivity index (χ3v) is 9.67. The molecule has 2 fully saturated rings. The summed E-state index contributed by atoms with van der Waals surface area (Å²) in [6.45, 7) is 10.2. The average molecular weight is 417 g/mol. The lowest BCUT2D eigenvalue weighted by Crippen LogP contribution is -2.56. The molecule has 4 aliphatic rings. The Kier molecular flexibility index (Phi) is 6.70. The number of aliphatic hydroxyl groups is 1. The van der Waals surface area contributed by atoms with Gasteiger partial charge in [-0.1, -0.05) is 52.5 Å². The second-order valence-corrected chi connectivity index (χ2v) is 10.4. The minimum absolute atomic E-state index is 0.00545. The van der Waals surface area contributed by atoms with E-state index in [1.54, 1.807) is 0 Å². The monoisotopic (exact) mass is 416 g/mol. The van der Waals surface area contributed by atoms with E-state index in [2.05, 4.69) is 33.8 Å². The lowest BCUT2D eigenvalue weighted by atomic mass is 9.45. The van der Waals surface area contributed by atoms with Crippen LogP contribution in [0.4, 0.5) is 0 Å². The minimum Gasteiger partial charge on any atom is -0.493 e. The van der Waals surface area contributed by atoms with Crippen molar-refractivity contribution in [1.29, 1.82) is 0 Å². The highest BCUT2D eigenvalue weighted by atomic mass is 16.6. The average Bonchev–Trinajstić information content (AvgIpc) is 2.76. The molecule has 1 N–H and O–H groups in total. The number of aliphatic hydroxyl groups excluding tert-OH is 1. The molecule has 0 aromatic carbocycles. The molecule has 0 spiro atoms. The summed E-state index contributed by atoms with van der Waals surface area (Å²) >= 11 is 0. The predicted molar refractivity (Wildman–Crippen MR) is 122 cm³/mol. The first-order valence-corrected chi connectivity index (χ1v) is 12.9. The maximum Gasteiger partial charge on any atom is 0.155 e. The van der Waals surface area contributed by atoms with Crippen molar-refractivity contribution in [3.8, 4) is 0 Å². The number of hydrogen-bond acceptors (Lipinski definition) is 3. The van der Waals surface area contributed by atoms with Gasteiger partial charge in [-0.05, 0) is 80.1 Å². The minimum atomic E-state index is -0.655. The van der Waals surface area contributed by atoms with Crippen molar-refractivity contribution in [2.24, 2.45) is 22.7 Å². The van der Waals surface area contributed by atoms with Crippen molar-refractivity contribution >= 4 is 0 Å². The molecule has 5 atom stereocenters. The topological polar surface area (TPSA) is 38.7 Å². The summed E-state index contributed by atoms with van der Waals surface area (Å²) in [5.74, 6) is 2.23. The molecule has 170 valence electrons. The molecule has 2 aliphatic heterocycles. The number of ether oxygens (including phenoxy) is 2. The SMILES string of the molecule is CCC=C1OCCC2=C1C1OC(O)CCC3C(CC)(CC)CCCC3(CC)C1CC2. The first-order chi connectivity index (χ1) is 14.5. The number of hydrogen-bond donors (Lipinski definition) is 1. The van der Waals surface area contributed by atoms with E-state index in [-0.39, 0.29) is 6.10 Å². The second kappa shape index (κ2) is 8.98. The molecule has 2 aliphatic carbocycles. The molecular formula is C27H44O3. The van der Waals surface area contributed by atoms with Gasteiger partial charge in [0, 0.05) is 12.0 Å². The molecule has 1 saturated heterocycles. The summed E-state index contributed by atoms with van der Waals surface area (Å²) in [5, 5.41) is 10.9. The molecule has 3 nitrogen and oxygen atoms in total. The van der Waals surface area contributed by atoms with Gasteiger partial charge in [0.1, 0.15) is 5.76 Å². The fourth-order valence-electron chi connectivity index (χ4n) is 8.15. The normalized spacial score (nSPS) is 40.0. The molecule has 0 radical (unpaired) electrons. The van der Waals surface area contributed by atoms with Gasteiger partial charge < -0.3 is 14.6 Å². The fourth-order valence-corrected chi connectivity index (χ4v) is 8.15.